The van der Waals surface area contributed by atoms with E-state index in [1.165, 1.54) is 0 Å². The van der Waals surface area contributed by atoms with Crippen LogP contribution in [0, 0.1) is 0 Å². The molecule has 90 valence electrons. The number of amides is 1. The van der Waals surface area contributed by atoms with Crippen molar-refractivity contribution in [1.29, 1.82) is 0 Å². The van der Waals surface area contributed by atoms with Gasteiger partial charge in [0.2, 0.25) is 0 Å². The first-order valence-corrected chi connectivity index (χ1v) is 5.80. The smallest absolute Gasteiger partial charge is 0.262 e. The van der Waals surface area contributed by atoms with E-state index in [9.17, 15) is 4.79 Å². The molecular weight excluding hydrogens is 228 g/mol. The number of anilines is 3. The van der Waals surface area contributed by atoms with Crippen LogP contribution in [0.5, 0.6) is 0 Å². The maximum Gasteiger partial charge on any atom is 0.262 e. The Labute approximate surface area is 104 Å². The summed E-state index contributed by atoms with van der Waals surface area (Å²) in [4.78, 5) is 22.6. The van der Waals surface area contributed by atoms with E-state index >= 15 is 0 Å². The highest BCUT2D eigenvalue weighted by atomic mass is 16.2. The maximum atomic E-state index is 12.4. The van der Waals surface area contributed by atoms with Gasteiger partial charge in [-0.05, 0) is 31.2 Å². The summed E-state index contributed by atoms with van der Waals surface area (Å²) in [5.74, 6) is 1.16. The second kappa shape index (κ2) is 4.10. The molecule has 1 amide bonds. The summed E-state index contributed by atoms with van der Waals surface area (Å²) in [6.07, 6.45) is 3.35. The van der Waals surface area contributed by atoms with Crippen molar-refractivity contribution >= 4 is 23.2 Å². The number of hydrogen-bond donors (Lipinski definition) is 1. The van der Waals surface area contributed by atoms with Crippen molar-refractivity contribution in [3.05, 3.63) is 42.2 Å². The number of rotatable bonds is 1. The molecule has 1 aliphatic rings. The number of aromatic nitrogens is 2. The van der Waals surface area contributed by atoms with Crippen LogP contribution in [0.15, 0.2) is 36.7 Å². The van der Waals surface area contributed by atoms with E-state index in [0.29, 0.717) is 23.7 Å². The first kappa shape index (κ1) is 10.7. The first-order valence-electron chi connectivity index (χ1n) is 5.80. The van der Waals surface area contributed by atoms with Crippen LogP contribution in [-0.2, 0) is 0 Å². The zero-order chi connectivity index (χ0) is 12.5. The predicted molar refractivity (Wildman–Crippen MR) is 69.1 cm³/mol. The van der Waals surface area contributed by atoms with E-state index in [4.69, 9.17) is 0 Å². The van der Waals surface area contributed by atoms with E-state index in [0.717, 1.165) is 5.69 Å². The largest absolute Gasteiger partial charge is 0.323 e. The van der Waals surface area contributed by atoms with Gasteiger partial charge in [0.15, 0.2) is 5.82 Å². The Bertz CT molecular complexity index is 611. The molecule has 0 atom stereocenters. The molecule has 0 aromatic carbocycles. The van der Waals surface area contributed by atoms with Gasteiger partial charge in [0, 0.05) is 18.9 Å². The van der Waals surface area contributed by atoms with Gasteiger partial charge in [-0.1, -0.05) is 0 Å². The molecule has 0 radical (unpaired) electrons. The van der Waals surface area contributed by atoms with E-state index in [1.807, 2.05) is 19.1 Å². The van der Waals surface area contributed by atoms with Gasteiger partial charge in [0.25, 0.3) is 5.91 Å². The molecule has 1 aliphatic heterocycles. The lowest BCUT2D eigenvalue weighted by Gasteiger charge is -2.19. The quantitative estimate of drug-likeness (QED) is 0.830. The molecule has 5 heteroatoms. The molecule has 0 fully saturated rings. The third-order valence-corrected chi connectivity index (χ3v) is 2.91. The lowest BCUT2D eigenvalue weighted by Crippen LogP contribution is -2.30. The number of carbonyl (C=O) groups excluding carboxylic acids is 1. The second-order valence-electron chi connectivity index (χ2n) is 3.95. The first-order chi connectivity index (χ1) is 8.81. The standard InChI is InChI=1S/C13H12N4O/c1-2-17-10-6-4-8-15-12(10)16-11-9(13(17)18)5-3-7-14-11/h3-8H,2H2,1H3,(H,14,15,16). The molecule has 5 nitrogen and oxygen atoms in total. The van der Waals surface area contributed by atoms with Crippen molar-refractivity contribution in [3.8, 4) is 0 Å². The number of hydrogen-bond acceptors (Lipinski definition) is 4. The van der Waals surface area contributed by atoms with E-state index in [2.05, 4.69) is 15.3 Å². The van der Waals surface area contributed by atoms with Crippen LogP contribution in [0.1, 0.15) is 17.3 Å². The van der Waals surface area contributed by atoms with Gasteiger partial charge in [-0.25, -0.2) is 9.97 Å². The Morgan fingerprint density at radius 2 is 1.89 bits per heavy atom. The highest BCUT2D eigenvalue weighted by Gasteiger charge is 2.26. The minimum atomic E-state index is -0.0557. The molecule has 3 rings (SSSR count). The summed E-state index contributed by atoms with van der Waals surface area (Å²) in [6, 6.07) is 7.23. The van der Waals surface area contributed by atoms with Crippen molar-refractivity contribution in [2.45, 2.75) is 6.92 Å². The zero-order valence-electron chi connectivity index (χ0n) is 9.92. The average molecular weight is 240 g/mol. The second-order valence-corrected chi connectivity index (χ2v) is 3.95. The van der Waals surface area contributed by atoms with Gasteiger partial charge in [0.05, 0.1) is 11.3 Å². The molecule has 0 saturated heterocycles. The lowest BCUT2D eigenvalue weighted by molar-refractivity contribution is 0.0989. The summed E-state index contributed by atoms with van der Waals surface area (Å²) in [7, 11) is 0. The molecule has 2 aromatic rings. The van der Waals surface area contributed by atoms with Crippen LogP contribution in [0.3, 0.4) is 0 Å². The third-order valence-electron chi connectivity index (χ3n) is 2.91. The SMILES string of the molecule is CCN1C(=O)c2cccnc2Nc2ncccc21. The van der Waals surface area contributed by atoms with Crippen LogP contribution in [0.2, 0.25) is 0 Å². The molecule has 0 bridgehead atoms. The molecule has 0 spiro atoms. The van der Waals surface area contributed by atoms with Gasteiger partial charge < -0.3 is 10.2 Å². The van der Waals surface area contributed by atoms with Gasteiger partial charge in [-0.3, -0.25) is 4.79 Å². The van der Waals surface area contributed by atoms with Crippen molar-refractivity contribution < 1.29 is 4.79 Å². The van der Waals surface area contributed by atoms with Crippen molar-refractivity contribution in [2.24, 2.45) is 0 Å². The topological polar surface area (TPSA) is 58.1 Å². The molecule has 0 saturated carbocycles. The van der Waals surface area contributed by atoms with Crippen LogP contribution >= 0.6 is 0 Å². The number of nitrogens with one attached hydrogen (secondary N) is 1. The van der Waals surface area contributed by atoms with Gasteiger partial charge in [-0.2, -0.15) is 0 Å². The fourth-order valence-electron chi connectivity index (χ4n) is 2.07. The van der Waals surface area contributed by atoms with Crippen LogP contribution in [0.25, 0.3) is 0 Å². The van der Waals surface area contributed by atoms with E-state index in [-0.39, 0.29) is 5.91 Å². The zero-order valence-corrected chi connectivity index (χ0v) is 9.92. The van der Waals surface area contributed by atoms with Gasteiger partial charge >= 0.3 is 0 Å². The van der Waals surface area contributed by atoms with Gasteiger partial charge in [0.1, 0.15) is 5.82 Å². The number of nitrogens with zero attached hydrogens (tertiary/aromatic N) is 3. The number of fused-ring (bicyclic) bond motifs is 2. The van der Waals surface area contributed by atoms with Crippen molar-refractivity contribution in [3.63, 3.8) is 0 Å². The predicted octanol–water partition coefficient (Wildman–Crippen LogP) is 2.20. The molecule has 3 heterocycles. The lowest BCUT2D eigenvalue weighted by atomic mass is 10.2. The van der Waals surface area contributed by atoms with Crippen LogP contribution < -0.4 is 10.2 Å². The minimum Gasteiger partial charge on any atom is -0.323 e. The third kappa shape index (κ3) is 1.52. The summed E-state index contributed by atoms with van der Waals surface area (Å²) in [5, 5.41) is 3.11. The summed E-state index contributed by atoms with van der Waals surface area (Å²) in [5.41, 5.74) is 1.35. The Balaban J connectivity index is 2.23. The number of carbonyl (C=O) groups is 1. The molecule has 1 N–H and O–H groups in total. The van der Waals surface area contributed by atoms with E-state index < -0.39 is 0 Å². The number of pyridine rings is 2. The fraction of sp³-hybridized carbons (Fsp3) is 0.154. The molecule has 18 heavy (non-hydrogen) atoms. The van der Waals surface area contributed by atoms with Crippen LogP contribution in [0.4, 0.5) is 17.3 Å². The maximum absolute atomic E-state index is 12.4. The molecule has 2 aromatic heterocycles. The van der Waals surface area contributed by atoms with Crippen molar-refractivity contribution in [1.82, 2.24) is 9.97 Å². The monoisotopic (exact) mass is 240 g/mol. The molecule has 0 aliphatic carbocycles. The van der Waals surface area contributed by atoms with E-state index in [1.54, 1.807) is 29.4 Å². The molecular formula is C13H12N4O. The normalized spacial score (nSPS) is 13.4. The Kier molecular flexibility index (Phi) is 2.44. The fourth-order valence-corrected chi connectivity index (χ4v) is 2.07. The molecule has 0 unspecified atom stereocenters. The Morgan fingerprint density at radius 1 is 1.17 bits per heavy atom. The average Bonchev–Trinajstić information content (AvgIpc) is 2.53. The Hall–Kier alpha value is -2.43. The summed E-state index contributed by atoms with van der Waals surface area (Å²) in [6.45, 7) is 2.53. The van der Waals surface area contributed by atoms with Crippen molar-refractivity contribution in [2.75, 3.05) is 16.8 Å². The Morgan fingerprint density at radius 3 is 2.67 bits per heavy atom. The highest BCUT2D eigenvalue weighted by Crippen LogP contribution is 2.32. The summed E-state index contributed by atoms with van der Waals surface area (Å²) >= 11 is 0. The van der Waals surface area contributed by atoms with Gasteiger partial charge in [-0.15, -0.1) is 0 Å². The summed E-state index contributed by atoms with van der Waals surface area (Å²) < 4.78 is 0. The van der Waals surface area contributed by atoms with Crippen LogP contribution in [-0.4, -0.2) is 22.4 Å². The highest BCUT2D eigenvalue weighted by molar-refractivity contribution is 6.12. The minimum absolute atomic E-state index is 0.0557.